The highest BCUT2D eigenvalue weighted by Gasteiger charge is 1.98. The zero-order valence-corrected chi connectivity index (χ0v) is 11.1. The molecule has 0 radical (unpaired) electrons. The Labute approximate surface area is 109 Å². The van der Waals surface area contributed by atoms with Crippen molar-refractivity contribution in [3.8, 4) is 0 Å². The topological polar surface area (TPSA) is 30.0 Å². The molecule has 1 heterocycles. The van der Waals surface area contributed by atoms with Gasteiger partial charge in [-0.1, -0.05) is 47.1 Å². The summed E-state index contributed by atoms with van der Waals surface area (Å²) in [5.41, 5.74) is 0.832. The summed E-state index contributed by atoms with van der Waals surface area (Å²) < 4.78 is 0. The van der Waals surface area contributed by atoms with Crippen LogP contribution in [0.1, 0.15) is 18.9 Å². The Balaban J connectivity index is 2.47. The van der Waals surface area contributed by atoms with Gasteiger partial charge in [-0.15, -0.1) is 0 Å². The minimum atomic E-state index is 0.139. The molecule has 0 amide bonds. The van der Waals surface area contributed by atoms with Crippen molar-refractivity contribution in [3.63, 3.8) is 0 Å². The Morgan fingerprint density at radius 1 is 1.50 bits per heavy atom. The highest BCUT2D eigenvalue weighted by molar-refractivity contribution is 8.13. The minimum Gasteiger partial charge on any atom is -0.288 e. The second-order valence-electron chi connectivity index (χ2n) is 3.05. The summed E-state index contributed by atoms with van der Waals surface area (Å²) in [7, 11) is 0. The van der Waals surface area contributed by atoms with E-state index in [1.165, 1.54) is 11.8 Å². The maximum Gasteiger partial charge on any atom is 0.185 e. The van der Waals surface area contributed by atoms with Gasteiger partial charge in [0.05, 0.1) is 0 Å². The van der Waals surface area contributed by atoms with Crippen LogP contribution in [0, 0.1) is 0 Å². The third-order valence-corrected chi connectivity index (χ3v) is 3.09. The molecule has 0 bridgehead atoms. The number of hydrogen-bond donors (Lipinski definition) is 0. The number of rotatable bonds is 4. The molecule has 0 N–H and O–H groups in total. The first kappa shape index (κ1) is 13.6. The van der Waals surface area contributed by atoms with Gasteiger partial charge in [0.2, 0.25) is 0 Å². The number of pyridine rings is 1. The van der Waals surface area contributed by atoms with Gasteiger partial charge in [0.25, 0.3) is 0 Å². The molecule has 1 aromatic rings. The second-order valence-corrected chi connectivity index (χ2v) is 5.06. The largest absolute Gasteiger partial charge is 0.288 e. The van der Waals surface area contributed by atoms with E-state index < -0.39 is 0 Å². The van der Waals surface area contributed by atoms with Crippen molar-refractivity contribution >= 4 is 46.2 Å². The van der Waals surface area contributed by atoms with Gasteiger partial charge in [-0.3, -0.25) is 4.79 Å². The molecule has 0 fully saturated rings. The van der Waals surface area contributed by atoms with Crippen LogP contribution in [-0.4, -0.2) is 15.9 Å². The summed E-state index contributed by atoms with van der Waals surface area (Å²) in [6.07, 6.45) is 4.67. The summed E-state index contributed by atoms with van der Waals surface area (Å²) in [6.45, 7) is 1.56. The summed E-state index contributed by atoms with van der Waals surface area (Å²) in [5, 5.41) is 0.914. The maximum absolute atomic E-state index is 10.7. The molecule has 2 nitrogen and oxygen atoms in total. The lowest BCUT2D eigenvalue weighted by Crippen LogP contribution is -1.84. The van der Waals surface area contributed by atoms with Gasteiger partial charge in [-0.05, 0) is 18.6 Å². The number of thioether (sulfide) groups is 1. The Bertz CT molecular complexity index is 407. The zero-order chi connectivity index (χ0) is 12.0. The monoisotopic (exact) mass is 275 g/mol. The SMILES string of the molecule is CC(=O)SCCC=Cc1ccc(Cl)nc1Cl. The van der Waals surface area contributed by atoms with Crippen molar-refractivity contribution in [1.29, 1.82) is 0 Å². The van der Waals surface area contributed by atoms with Gasteiger partial charge in [-0.25, -0.2) is 4.98 Å². The molecule has 1 aromatic heterocycles. The lowest BCUT2D eigenvalue weighted by atomic mass is 10.2. The molecular formula is C11H11Cl2NOS. The number of halogens is 2. The van der Waals surface area contributed by atoms with Gasteiger partial charge in [0.15, 0.2) is 5.12 Å². The molecule has 0 atom stereocenters. The summed E-state index contributed by atoms with van der Waals surface area (Å²) >= 11 is 12.9. The molecule has 0 saturated carbocycles. The molecule has 0 aromatic carbocycles. The van der Waals surface area contributed by atoms with E-state index in [0.29, 0.717) is 10.3 Å². The number of allylic oxidation sites excluding steroid dienone is 1. The van der Waals surface area contributed by atoms with Crippen LogP contribution in [0.4, 0.5) is 0 Å². The number of nitrogens with zero attached hydrogens (tertiary/aromatic N) is 1. The fourth-order valence-corrected chi connectivity index (χ4v) is 1.98. The van der Waals surface area contributed by atoms with Crippen LogP contribution in [0.15, 0.2) is 18.2 Å². The van der Waals surface area contributed by atoms with Gasteiger partial charge in [0, 0.05) is 18.2 Å². The maximum atomic E-state index is 10.7. The fraction of sp³-hybridized carbons (Fsp3) is 0.273. The molecule has 0 saturated heterocycles. The van der Waals surface area contributed by atoms with Crippen molar-refractivity contribution in [2.75, 3.05) is 5.75 Å². The van der Waals surface area contributed by atoms with Crippen LogP contribution in [0.3, 0.4) is 0 Å². The molecule has 16 heavy (non-hydrogen) atoms. The lowest BCUT2D eigenvalue weighted by molar-refractivity contribution is -0.109. The van der Waals surface area contributed by atoms with E-state index >= 15 is 0 Å². The molecule has 1 rings (SSSR count). The standard InChI is InChI=1S/C11H11Cl2NOS/c1-8(15)16-7-3-2-4-9-5-6-10(12)14-11(9)13/h2,4-6H,3,7H2,1H3. The predicted octanol–water partition coefficient (Wildman–Crippen LogP) is 4.07. The van der Waals surface area contributed by atoms with Crippen molar-refractivity contribution in [3.05, 3.63) is 34.1 Å². The van der Waals surface area contributed by atoms with Crippen molar-refractivity contribution in [1.82, 2.24) is 4.98 Å². The van der Waals surface area contributed by atoms with Crippen LogP contribution in [0.25, 0.3) is 6.08 Å². The number of carbonyl (C=O) groups excluding carboxylic acids is 1. The van der Waals surface area contributed by atoms with Gasteiger partial charge >= 0.3 is 0 Å². The number of aromatic nitrogens is 1. The second kappa shape index (κ2) is 6.94. The van der Waals surface area contributed by atoms with Crippen LogP contribution < -0.4 is 0 Å². The lowest BCUT2D eigenvalue weighted by Gasteiger charge is -1.97. The first-order valence-electron chi connectivity index (χ1n) is 4.71. The van der Waals surface area contributed by atoms with E-state index in [4.69, 9.17) is 23.2 Å². The molecule has 5 heteroatoms. The van der Waals surface area contributed by atoms with E-state index in [9.17, 15) is 4.79 Å². The van der Waals surface area contributed by atoms with E-state index in [1.54, 1.807) is 13.0 Å². The van der Waals surface area contributed by atoms with Crippen LogP contribution >= 0.6 is 35.0 Å². The smallest absolute Gasteiger partial charge is 0.185 e. The van der Waals surface area contributed by atoms with Crippen LogP contribution in [-0.2, 0) is 4.79 Å². The van der Waals surface area contributed by atoms with Crippen LogP contribution in [0.2, 0.25) is 10.3 Å². The quantitative estimate of drug-likeness (QED) is 0.613. The number of carbonyl (C=O) groups is 1. The molecule has 0 spiro atoms. The molecular weight excluding hydrogens is 265 g/mol. The molecule has 86 valence electrons. The average Bonchev–Trinajstić information content (AvgIpc) is 2.20. The summed E-state index contributed by atoms with van der Waals surface area (Å²) in [5.74, 6) is 0.782. The van der Waals surface area contributed by atoms with Crippen molar-refractivity contribution < 1.29 is 4.79 Å². The molecule has 0 unspecified atom stereocenters. The molecule has 0 aliphatic heterocycles. The molecule has 0 aliphatic carbocycles. The fourth-order valence-electron chi connectivity index (χ4n) is 1.03. The van der Waals surface area contributed by atoms with E-state index in [-0.39, 0.29) is 5.12 Å². The average molecular weight is 276 g/mol. The van der Waals surface area contributed by atoms with Crippen LogP contribution in [0.5, 0.6) is 0 Å². The summed E-state index contributed by atoms with van der Waals surface area (Å²) in [4.78, 5) is 14.6. The van der Waals surface area contributed by atoms with Gasteiger partial charge < -0.3 is 0 Å². The van der Waals surface area contributed by atoms with E-state index in [0.717, 1.165) is 17.7 Å². The first-order chi connectivity index (χ1) is 7.59. The third-order valence-electron chi connectivity index (χ3n) is 1.73. The summed E-state index contributed by atoms with van der Waals surface area (Å²) in [6, 6.07) is 3.50. The van der Waals surface area contributed by atoms with Gasteiger partial charge in [-0.2, -0.15) is 0 Å². The zero-order valence-electron chi connectivity index (χ0n) is 8.74. The molecule has 0 aliphatic rings. The minimum absolute atomic E-state index is 0.139. The van der Waals surface area contributed by atoms with E-state index in [2.05, 4.69) is 4.98 Å². The Morgan fingerprint density at radius 3 is 2.88 bits per heavy atom. The normalized spacial score (nSPS) is 10.9. The van der Waals surface area contributed by atoms with Gasteiger partial charge in [0.1, 0.15) is 10.3 Å². The Kier molecular flexibility index (Phi) is 5.88. The van der Waals surface area contributed by atoms with Crippen molar-refractivity contribution in [2.24, 2.45) is 0 Å². The van der Waals surface area contributed by atoms with Crippen molar-refractivity contribution in [2.45, 2.75) is 13.3 Å². The Morgan fingerprint density at radius 2 is 2.25 bits per heavy atom. The highest BCUT2D eigenvalue weighted by Crippen LogP contribution is 2.18. The predicted molar refractivity (Wildman–Crippen MR) is 71.0 cm³/mol. The van der Waals surface area contributed by atoms with E-state index in [1.807, 2.05) is 18.2 Å². The first-order valence-corrected chi connectivity index (χ1v) is 6.45. The Hall–Kier alpha value is -0.510. The third kappa shape index (κ3) is 5.01. The highest BCUT2D eigenvalue weighted by atomic mass is 35.5. The number of hydrogen-bond acceptors (Lipinski definition) is 3.